The highest BCUT2D eigenvalue weighted by atomic mass is 32.2. The highest BCUT2D eigenvalue weighted by molar-refractivity contribution is 8.00. The van der Waals surface area contributed by atoms with Crippen LogP contribution >= 0.6 is 11.8 Å². The van der Waals surface area contributed by atoms with E-state index in [0.29, 0.717) is 56.0 Å². The van der Waals surface area contributed by atoms with Crippen LogP contribution in [0.15, 0.2) is 17.2 Å². The zero-order valence-electron chi connectivity index (χ0n) is 22.8. The number of carbonyl (C=O) groups is 4. The molecule has 3 aliphatic rings. The monoisotopic (exact) mass is 586 g/mol. The van der Waals surface area contributed by atoms with Gasteiger partial charge in [0, 0.05) is 62.5 Å². The van der Waals surface area contributed by atoms with Crippen LogP contribution in [0.4, 0.5) is 10.7 Å². The Balaban J connectivity index is 1.05. The van der Waals surface area contributed by atoms with Gasteiger partial charge in [-0.3, -0.25) is 14.4 Å². The lowest BCUT2D eigenvalue weighted by Crippen LogP contribution is -2.51. The van der Waals surface area contributed by atoms with Crippen molar-refractivity contribution >= 4 is 52.6 Å². The molecular formula is C26H34N8O6S. The Kier molecular flexibility index (Phi) is 8.61. The smallest absolute Gasteiger partial charge is 0.341 e. The van der Waals surface area contributed by atoms with Crippen LogP contribution in [0.25, 0.3) is 11.0 Å². The van der Waals surface area contributed by atoms with E-state index in [-0.39, 0.29) is 47.4 Å². The Morgan fingerprint density at radius 1 is 1.15 bits per heavy atom. The van der Waals surface area contributed by atoms with Gasteiger partial charge in [0.25, 0.3) is 0 Å². The number of nitrogens with one attached hydrogen (secondary N) is 3. The van der Waals surface area contributed by atoms with Gasteiger partial charge in [0.1, 0.15) is 11.2 Å². The van der Waals surface area contributed by atoms with Crippen LogP contribution in [0, 0.1) is 0 Å². The lowest BCUT2D eigenvalue weighted by molar-refractivity contribution is -0.133. The molecule has 5 rings (SSSR count). The fourth-order valence-electron chi connectivity index (χ4n) is 5.51. The number of carbonyl (C=O) groups excluding carboxylic acids is 3. The molecule has 14 nitrogen and oxygen atoms in total. The van der Waals surface area contributed by atoms with Crippen molar-refractivity contribution in [3.63, 3.8) is 0 Å². The second-order valence-electron chi connectivity index (χ2n) is 10.4. The third kappa shape index (κ3) is 6.24. The molecule has 2 aromatic rings. The molecule has 3 aliphatic heterocycles. The first-order chi connectivity index (χ1) is 19.7. The van der Waals surface area contributed by atoms with E-state index < -0.39 is 11.4 Å². The van der Waals surface area contributed by atoms with Crippen LogP contribution in [0.5, 0.6) is 0 Å². The van der Waals surface area contributed by atoms with Crippen molar-refractivity contribution < 1.29 is 24.3 Å². The largest absolute Gasteiger partial charge is 0.477 e. The van der Waals surface area contributed by atoms with E-state index in [1.54, 1.807) is 9.47 Å². The molecule has 4 amide bonds. The van der Waals surface area contributed by atoms with Crippen molar-refractivity contribution in [3.8, 4) is 0 Å². The van der Waals surface area contributed by atoms with Gasteiger partial charge in [-0.2, -0.15) is 16.7 Å². The SMILES string of the molecule is CCn1cc(C(=O)O)c(=O)c2cnc(N3CCN(C(=O)CNC(=O)CCCC[C@@H]4SC[C@@H]5NC(=O)N[C@@H]54)CC3)nc21. The van der Waals surface area contributed by atoms with E-state index in [4.69, 9.17) is 0 Å². The van der Waals surface area contributed by atoms with Crippen molar-refractivity contribution in [2.24, 2.45) is 0 Å². The number of aryl methyl sites for hydroxylation is 1. The molecule has 3 fully saturated rings. The Morgan fingerprint density at radius 2 is 1.93 bits per heavy atom. The summed E-state index contributed by atoms with van der Waals surface area (Å²) in [4.78, 5) is 72.9. The topological polar surface area (TPSA) is 179 Å². The van der Waals surface area contributed by atoms with E-state index >= 15 is 0 Å². The zero-order valence-corrected chi connectivity index (χ0v) is 23.6. The lowest BCUT2D eigenvalue weighted by atomic mass is 10.0. The fourth-order valence-corrected chi connectivity index (χ4v) is 7.06. The zero-order chi connectivity index (χ0) is 29.1. The highest BCUT2D eigenvalue weighted by Gasteiger charge is 2.42. The van der Waals surface area contributed by atoms with E-state index in [0.717, 1.165) is 25.0 Å². The summed E-state index contributed by atoms with van der Waals surface area (Å²) < 4.78 is 1.61. The number of aromatic nitrogens is 3. The molecule has 3 saturated heterocycles. The molecule has 0 aliphatic carbocycles. The predicted octanol–water partition coefficient (Wildman–Crippen LogP) is 0.000200. The molecule has 3 atom stereocenters. The van der Waals surface area contributed by atoms with Crippen molar-refractivity contribution in [3.05, 3.63) is 28.2 Å². The first-order valence-electron chi connectivity index (χ1n) is 13.9. The van der Waals surface area contributed by atoms with Gasteiger partial charge >= 0.3 is 12.0 Å². The molecule has 220 valence electrons. The van der Waals surface area contributed by atoms with Gasteiger partial charge in [0.15, 0.2) is 0 Å². The molecule has 0 aromatic carbocycles. The number of carboxylic acid groups (broad SMARTS) is 1. The number of piperazine rings is 1. The van der Waals surface area contributed by atoms with E-state index in [9.17, 15) is 29.1 Å². The number of urea groups is 1. The third-order valence-corrected chi connectivity index (χ3v) is 9.31. The Hall–Kier alpha value is -3.88. The standard InChI is InChI=1S/C26H34N8O6S/c1-2-32-13-16(24(38)39)22(37)15-11-28-25(31-23(15)32)34-9-7-33(8-10-34)20(36)12-27-19(35)6-4-3-5-18-21-17(14-41-18)29-26(40)30-21/h11,13,17-18,21H,2-10,12,14H2,1H3,(H,27,35)(H,38,39)(H2,29,30,40)/t17-,18-,21-/m0/s1. The van der Waals surface area contributed by atoms with Crippen LogP contribution in [-0.4, -0.2) is 104 Å². The number of unbranched alkanes of at least 4 members (excludes halogenated alkanes) is 1. The molecular weight excluding hydrogens is 552 g/mol. The molecule has 4 N–H and O–H groups in total. The normalized spacial score (nSPS) is 21.9. The number of fused-ring (bicyclic) bond motifs is 2. The van der Waals surface area contributed by atoms with Crippen molar-refractivity contribution in [1.82, 2.24) is 35.4 Å². The third-order valence-electron chi connectivity index (χ3n) is 7.81. The average molecular weight is 587 g/mol. The summed E-state index contributed by atoms with van der Waals surface area (Å²) in [6.07, 6.45) is 5.55. The Morgan fingerprint density at radius 3 is 2.66 bits per heavy atom. The maximum Gasteiger partial charge on any atom is 0.341 e. The summed E-state index contributed by atoms with van der Waals surface area (Å²) in [5, 5.41) is 18.5. The predicted molar refractivity (Wildman–Crippen MR) is 152 cm³/mol. The summed E-state index contributed by atoms with van der Waals surface area (Å²) in [5.74, 6) is -0.285. The van der Waals surface area contributed by atoms with Crippen LogP contribution in [0.2, 0.25) is 0 Å². The molecule has 0 radical (unpaired) electrons. The second kappa shape index (κ2) is 12.3. The number of carboxylic acids is 1. The van der Waals surface area contributed by atoms with Gasteiger partial charge in [-0.1, -0.05) is 6.42 Å². The first kappa shape index (κ1) is 28.6. The molecule has 2 aromatic heterocycles. The summed E-state index contributed by atoms with van der Waals surface area (Å²) in [7, 11) is 0. The van der Waals surface area contributed by atoms with Gasteiger partial charge in [0.05, 0.1) is 24.0 Å². The van der Waals surface area contributed by atoms with Crippen LogP contribution in [0.3, 0.4) is 0 Å². The first-order valence-corrected chi connectivity index (χ1v) is 14.9. The van der Waals surface area contributed by atoms with Gasteiger partial charge in [-0.15, -0.1) is 0 Å². The van der Waals surface area contributed by atoms with Crippen LogP contribution in [0.1, 0.15) is 43.0 Å². The second-order valence-corrected chi connectivity index (χ2v) is 11.7. The van der Waals surface area contributed by atoms with E-state index in [1.165, 1.54) is 12.4 Å². The molecule has 0 unspecified atom stereocenters. The number of nitrogens with zero attached hydrogens (tertiary/aromatic N) is 5. The molecule has 15 heteroatoms. The number of anilines is 1. The minimum atomic E-state index is -1.30. The van der Waals surface area contributed by atoms with Crippen molar-refractivity contribution in [2.75, 3.05) is 43.4 Å². The number of amides is 4. The molecule has 5 heterocycles. The molecule has 0 bridgehead atoms. The molecule has 41 heavy (non-hydrogen) atoms. The summed E-state index contributed by atoms with van der Waals surface area (Å²) in [5.41, 5.74) is -0.583. The summed E-state index contributed by atoms with van der Waals surface area (Å²) in [6.45, 7) is 4.03. The average Bonchev–Trinajstić information content (AvgIpc) is 3.53. The minimum Gasteiger partial charge on any atom is -0.477 e. The van der Waals surface area contributed by atoms with Gasteiger partial charge in [0.2, 0.25) is 23.2 Å². The van der Waals surface area contributed by atoms with E-state index in [1.807, 2.05) is 23.6 Å². The Labute approximate surface area is 240 Å². The maximum atomic E-state index is 12.7. The maximum absolute atomic E-state index is 12.7. The van der Waals surface area contributed by atoms with Crippen molar-refractivity contribution in [1.29, 1.82) is 0 Å². The number of pyridine rings is 1. The van der Waals surface area contributed by atoms with Crippen molar-refractivity contribution in [2.45, 2.75) is 56.5 Å². The number of hydrogen-bond acceptors (Lipinski definition) is 9. The Bertz CT molecular complexity index is 1410. The number of rotatable bonds is 10. The summed E-state index contributed by atoms with van der Waals surface area (Å²) >= 11 is 1.86. The number of hydrogen-bond donors (Lipinski definition) is 4. The molecule has 0 saturated carbocycles. The quantitative estimate of drug-likeness (QED) is 0.219. The fraction of sp³-hybridized carbons (Fsp3) is 0.577. The van der Waals surface area contributed by atoms with Gasteiger partial charge < -0.3 is 35.4 Å². The highest BCUT2D eigenvalue weighted by Crippen LogP contribution is 2.33. The van der Waals surface area contributed by atoms with Crippen LogP contribution < -0.4 is 26.3 Å². The van der Waals surface area contributed by atoms with Crippen LogP contribution in [-0.2, 0) is 16.1 Å². The number of aromatic carboxylic acids is 1. The van der Waals surface area contributed by atoms with Gasteiger partial charge in [-0.25, -0.2) is 14.6 Å². The summed E-state index contributed by atoms with van der Waals surface area (Å²) in [6, 6.07) is 0.263. The molecule has 0 spiro atoms. The minimum absolute atomic E-state index is 0.0556. The van der Waals surface area contributed by atoms with Gasteiger partial charge in [-0.05, 0) is 19.8 Å². The number of thioether (sulfide) groups is 1. The van der Waals surface area contributed by atoms with E-state index in [2.05, 4.69) is 25.9 Å². The lowest BCUT2D eigenvalue weighted by Gasteiger charge is -2.34.